The summed E-state index contributed by atoms with van der Waals surface area (Å²) in [6.07, 6.45) is 3.33. The van der Waals surface area contributed by atoms with Crippen molar-refractivity contribution in [3.8, 4) is 5.88 Å². The van der Waals surface area contributed by atoms with Crippen LogP contribution in [0.3, 0.4) is 0 Å². The third-order valence-electron chi connectivity index (χ3n) is 4.13. The average molecular weight is 265 g/mol. The minimum Gasteiger partial charge on any atom is -0.465 e. The Kier molecular flexibility index (Phi) is 3.18. The van der Waals surface area contributed by atoms with Crippen molar-refractivity contribution in [1.29, 1.82) is 0 Å². The topological polar surface area (TPSA) is 67.6 Å². The lowest BCUT2D eigenvalue weighted by Crippen LogP contribution is -2.62. The summed E-state index contributed by atoms with van der Waals surface area (Å²) in [7, 11) is 0. The second-order valence-corrected chi connectivity index (χ2v) is 5.40. The Hall–Kier alpha value is -1.56. The number of aromatic nitrogens is 1. The predicted octanol–water partition coefficient (Wildman–Crippen LogP) is 0.716. The number of hydrogen-bond donors (Lipinski definition) is 1. The Morgan fingerprint density at radius 3 is 2.79 bits per heavy atom. The Morgan fingerprint density at radius 1 is 1.53 bits per heavy atom. The van der Waals surface area contributed by atoms with Crippen LogP contribution in [0.25, 0.3) is 0 Å². The first-order chi connectivity index (χ1) is 9.17. The summed E-state index contributed by atoms with van der Waals surface area (Å²) in [5.74, 6) is 1.08. The van der Waals surface area contributed by atoms with E-state index in [0.29, 0.717) is 17.2 Å². The number of rotatable bonds is 3. The maximum absolute atomic E-state index is 12.0. The number of nitrogens with zero attached hydrogens (tertiary/aromatic N) is 2. The molecule has 1 aromatic rings. The van der Waals surface area contributed by atoms with Crippen molar-refractivity contribution in [3.05, 3.63) is 11.8 Å². The maximum Gasteiger partial charge on any atom is 0.260 e. The molecule has 3 heterocycles. The van der Waals surface area contributed by atoms with Gasteiger partial charge in [-0.15, -0.1) is 0 Å². The number of hydrogen-bond acceptors (Lipinski definition) is 5. The van der Waals surface area contributed by atoms with Crippen LogP contribution in [0.5, 0.6) is 5.88 Å². The van der Waals surface area contributed by atoms with Crippen molar-refractivity contribution in [1.82, 2.24) is 15.4 Å². The summed E-state index contributed by atoms with van der Waals surface area (Å²) in [6.45, 7) is 4.56. The fourth-order valence-electron chi connectivity index (χ4n) is 2.73. The highest BCUT2D eigenvalue weighted by Gasteiger charge is 2.40. The van der Waals surface area contributed by atoms with Gasteiger partial charge in [0.05, 0.1) is 0 Å². The number of aryl methyl sites for hydroxylation is 1. The lowest BCUT2D eigenvalue weighted by atomic mass is 9.79. The zero-order chi connectivity index (χ0) is 13.3. The number of nitrogens with one attached hydrogen (secondary N) is 1. The zero-order valence-corrected chi connectivity index (χ0v) is 11.1. The average Bonchev–Trinajstić information content (AvgIpc) is 2.80. The highest BCUT2D eigenvalue weighted by Crippen LogP contribution is 2.30. The van der Waals surface area contributed by atoms with Crippen molar-refractivity contribution in [2.75, 3.05) is 26.2 Å². The van der Waals surface area contributed by atoms with E-state index in [1.807, 2.05) is 4.90 Å². The molecule has 0 saturated carbocycles. The van der Waals surface area contributed by atoms with Crippen LogP contribution in [-0.2, 0) is 4.79 Å². The molecule has 0 unspecified atom stereocenters. The molecule has 0 bridgehead atoms. The molecule has 1 aromatic heterocycles. The minimum atomic E-state index is 0.0230. The lowest BCUT2D eigenvalue weighted by Gasteiger charge is -2.48. The molecule has 6 heteroatoms. The summed E-state index contributed by atoms with van der Waals surface area (Å²) in [6, 6.07) is 1.68. The van der Waals surface area contributed by atoms with E-state index in [4.69, 9.17) is 9.26 Å². The van der Waals surface area contributed by atoms with E-state index in [-0.39, 0.29) is 12.5 Å². The first-order valence-corrected chi connectivity index (χ1v) is 6.76. The van der Waals surface area contributed by atoms with E-state index in [1.165, 1.54) is 6.42 Å². The van der Waals surface area contributed by atoms with Gasteiger partial charge in [0.15, 0.2) is 6.61 Å². The summed E-state index contributed by atoms with van der Waals surface area (Å²) >= 11 is 0. The van der Waals surface area contributed by atoms with E-state index in [9.17, 15) is 4.79 Å². The van der Waals surface area contributed by atoms with Crippen LogP contribution in [0, 0.1) is 6.92 Å². The number of carbonyl (C=O) groups excluding carboxylic acids is 1. The van der Waals surface area contributed by atoms with E-state index in [2.05, 4.69) is 10.5 Å². The maximum atomic E-state index is 12.0. The fourth-order valence-corrected chi connectivity index (χ4v) is 2.73. The third kappa shape index (κ3) is 2.58. The van der Waals surface area contributed by atoms with E-state index >= 15 is 0 Å². The normalized spacial score (nSPS) is 21.2. The molecule has 3 rings (SSSR count). The van der Waals surface area contributed by atoms with Gasteiger partial charge in [0.1, 0.15) is 5.76 Å². The van der Waals surface area contributed by atoms with Crippen LogP contribution >= 0.6 is 0 Å². The summed E-state index contributed by atoms with van der Waals surface area (Å²) < 4.78 is 10.2. The Balaban J connectivity index is 1.46. The molecule has 2 aliphatic heterocycles. The van der Waals surface area contributed by atoms with Crippen molar-refractivity contribution in [3.63, 3.8) is 0 Å². The van der Waals surface area contributed by atoms with Crippen LogP contribution in [0.4, 0.5) is 0 Å². The van der Waals surface area contributed by atoms with E-state index < -0.39 is 0 Å². The molecule has 104 valence electrons. The van der Waals surface area contributed by atoms with Gasteiger partial charge in [0.25, 0.3) is 11.8 Å². The summed E-state index contributed by atoms with van der Waals surface area (Å²) in [5.41, 5.74) is 0.320. The lowest BCUT2D eigenvalue weighted by molar-refractivity contribution is -0.135. The van der Waals surface area contributed by atoms with Gasteiger partial charge in [-0.1, -0.05) is 0 Å². The van der Waals surface area contributed by atoms with E-state index in [0.717, 1.165) is 32.5 Å². The molecule has 2 aliphatic rings. The van der Waals surface area contributed by atoms with Gasteiger partial charge >= 0.3 is 0 Å². The highest BCUT2D eigenvalue weighted by atomic mass is 16.5. The molecular formula is C13H19N3O3. The largest absolute Gasteiger partial charge is 0.465 e. The van der Waals surface area contributed by atoms with Crippen molar-refractivity contribution in [2.45, 2.75) is 31.7 Å². The number of amides is 1. The molecule has 0 radical (unpaired) electrons. The minimum absolute atomic E-state index is 0.0230. The Bertz CT molecular complexity index is 457. The van der Waals surface area contributed by atoms with Crippen molar-refractivity contribution in [2.24, 2.45) is 0 Å². The predicted molar refractivity (Wildman–Crippen MR) is 67.9 cm³/mol. The molecule has 0 aromatic carbocycles. The molecule has 2 saturated heterocycles. The number of ether oxygens (including phenoxy) is 1. The first kappa shape index (κ1) is 12.5. The monoisotopic (exact) mass is 265 g/mol. The molecule has 1 spiro atoms. The number of carbonyl (C=O) groups is 1. The van der Waals surface area contributed by atoms with Crippen LogP contribution < -0.4 is 10.1 Å². The third-order valence-corrected chi connectivity index (χ3v) is 4.13. The molecular weight excluding hydrogens is 246 g/mol. The second kappa shape index (κ2) is 4.85. The van der Waals surface area contributed by atoms with Crippen LogP contribution in [0.15, 0.2) is 10.6 Å². The van der Waals surface area contributed by atoms with Gasteiger partial charge in [-0.2, -0.15) is 0 Å². The summed E-state index contributed by atoms with van der Waals surface area (Å²) in [4.78, 5) is 13.9. The van der Waals surface area contributed by atoms with E-state index in [1.54, 1.807) is 13.0 Å². The fraction of sp³-hybridized carbons (Fsp3) is 0.692. The number of likely N-dealkylation sites (tertiary alicyclic amines) is 1. The Labute approximate surface area is 112 Å². The molecule has 2 fully saturated rings. The molecule has 1 amide bonds. The second-order valence-electron chi connectivity index (χ2n) is 5.40. The van der Waals surface area contributed by atoms with Crippen LogP contribution in [0.1, 0.15) is 25.0 Å². The smallest absolute Gasteiger partial charge is 0.260 e. The number of piperidine rings is 1. The van der Waals surface area contributed by atoms with Gasteiger partial charge < -0.3 is 19.5 Å². The Morgan fingerprint density at radius 2 is 2.26 bits per heavy atom. The molecule has 6 nitrogen and oxygen atoms in total. The van der Waals surface area contributed by atoms with Gasteiger partial charge in [-0.25, -0.2) is 0 Å². The van der Waals surface area contributed by atoms with Crippen molar-refractivity contribution < 1.29 is 14.1 Å². The van der Waals surface area contributed by atoms with Gasteiger partial charge in [0.2, 0.25) is 0 Å². The molecule has 0 aliphatic carbocycles. The van der Waals surface area contributed by atoms with Gasteiger partial charge in [-0.05, 0) is 37.9 Å². The van der Waals surface area contributed by atoms with Gasteiger partial charge in [0, 0.05) is 24.7 Å². The standard InChI is InChI=1S/C13H19N3O3/c1-10-8-11(15-19-10)18-9-12(17)16-6-3-13(4-7-16)2-5-14-13/h8,14H,2-7,9H2,1H3. The van der Waals surface area contributed by atoms with Crippen molar-refractivity contribution >= 4 is 5.91 Å². The summed E-state index contributed by atoms with van der Waals surface area (Å²) in [5, 5.41) is 7.19. The zero-order valence-electron chi connectivity index (χ0n) is 11.1. The first-order valence-electron chi connectivity index (χ1n) is 6.76. The quantitative estimate of drug-likeness (QED) is 0.872. The van der Waals surface area contributed by atoms with Gasteiger partial charge in [-0.3, -0.25) is 4.79 Å². The highest BCUT2D eigenvalue weighted by molar-refractivity contribution is 5.77. The van der Waals surface area contributed by atoms with Crippen LogP contribution in [-0.4, -0.2) is 47.7 Å². The molecule has 1 N–H and O–H groups in total. The molecule has 19 heavy (non-hydrogen) atoms. The van der Waals surface area contributed by atoms with Crippen LogP contribution in [0.2, 0.25) is 0 Å². The SMILES string of the molecule is Cc1cc(OCC(=O)N2CCC3(CCN3)CC2)no1. The molecule has 0 atom stereocenters.